The molecule has 0 aromatic heterocycles. The second-order valence-corrected chi connectivity index (χ2v) is 6.67. The lowest BCUT2D eigenvalue weighted by molar-refractivity contribution is -0.114. The number of ether oxygens (including phenoxy) is 1. The van der Waals surface area contributed by atoms with Crippen molar-refractivity contribution < 1.29 is 19.4 Å². The molecule has 146 valence electrons. The summed E-state index contributed by atoms with van der Waals surface area (Å²) in [6, 6.07) is 15.8. The number of hydrogen-bond acceptors (Lipinski definition) is 5. The number of benzene rings is 3. The average molecular weight is 389 g/mol. The van der Waals surface area contributed by atoms with E-state index in [-0.39, 0.29) is 17.6 Å². The highest BCUT2D eigenvalue weighted by Gasteiger charge is 2.20. The fraction of sp³-hybridized carbons (Fsp3) is 0.0909. The molecule has 0 saturated heterocycles. The fourth-order valence-corrected chi connectivity index (χ4v) is 3.25. The molecule has 0 aliphatic carbocycles. The fourth-order valence-electron chi connectivity index (χ4n) is 3.25. The van der Waals surface area contributed by atoms with E-state index in [1.54, 1.807) is 42.5 Å². The summed E-state index contributed by atoms with van der Waals surface area (Å²) in [5.74, 6) is 0.00239. The molecule has 7 nitrogen and oxygen atoms in total. The predicted octanol–water partition coefficient (Wildman–Crippen LogP) is 4.34. The Hall–Kier alpha value is -4.00. The molecule has 4 N–H and O–H groups in total. The first-order valence-electron chi connectivity index (χ1n) is 8.96. The highest BCUT2D eigenvalue weighted by atomic mass is 16.5. The number of anilines is 4. The van der Waals surface area contributed by atoms with E-state index in [0.29, 0.717) is 34.1 Å². The molecule has 7 heteroatoms. The third-order valence-electron chi connectivity index (χ3n) is 4.63. The van der Waals surface area contributed by atoms with Gasteiger partial charge in [-0.2, -0.15) is 0 Å². The number of hydrogen-bond donors (Lipinski definition) is 4. The second-order valence-electron chi connectivity index (χ2n) is 6.67. The lowest BCUT2D eigenvalue weighted by Crippen LogP contribution is -2.11. The average Bonchev–Trinajstić information content (AvgIpc) is 2.83. The van der Waals surface area contributed by atoms with Gasteiger partial charge in [0.2, 0.25) is 5.91 Å². The summed E-state index contributed by atoms with van der Waals surface area (Å²) in [4.78, 5) is 24.0. The summed E-state index contributed by atoms with van der Waals surface area (Å²) in [5, 5.41) is 18.7. The topological polar surface area (TPSA) is 99.7 Å². The Balaban J connectivity index is 1.73. The van der Waals surface area contributed by atoms with Crippen LogP contribution in [0.25, 0.3) is 11.1 Å². The van der Waals surface area contributed by atoms with Gasteiger partial charge in [-0.05, 0) is 53.6 Å². The minimum atomic E-state index is -0.249. The number of nitrogens with one attached hydrogen (secondary N) is 3. The number of carbonyl (C=O) groups is 2. The molecule has 0 saturated carbocycles. The normalized spacial score (nSPS) is 12.0. The number of amides is 2. The van der Waals surface area contributed by atoms with Crippen LogP contribution >= 0.6 is 0 Å². The van der Waals surface area contributed by atoms with Gasteiger partial charge in [0.05, 0.1) is 29.7 Å². The van der Waals surface area contributed by atoms with Crippen molar-refractivity contribution in [2.45, 2.75) is 6.92 Å². The van der Waals surface area contributed by atoms with E-state index in [2.05, 4.69) is 16.0 Å². The van der Waals surface area contributed by atoms with Crippen LogP contribution in [-0.2, 0) is 4.79 Å². The molecule has 4 rings (SSSR count). The Morgan fingerprint density at radius 2 is 1.69 bits per heavy atom. The summed E-state index contributed by atoms with van der Waals surface area (Å²) in [5.41, 5.74) is 4.74. The van der Waals surface area contributed by atoms with Gasteiger partial charge >= 0.3 is 0 Å². The van der Waals surface area contributed by atoms with Gasteiger partial charge < -0.3 is 25.8 Å². The van der Waals surface area contributed by atoms with Crippen LogP contribution in [0, 0.1) is 0 Å². The lowest BCUT2D eigenvalue weighted by atomic mass is 10.0. The molecular formula is C22H19N3O4. The number of carbonyl (C=O) groups excluding carboxylic acids is 2. The zero-order chi connectivity index (χ0) is 20.5. The number of methoxy groups -OCH3 is 1. The minimum Gasteiger partial charge on any atom is -0.504 e. The molecule has 29 heavy (non-hydrogen) atoms. The smallest absolute Gasteiger partial charge is 0.257 e. The molecule has 1 aliphatic rings. The van der Waals surface area contributed by atoms with Crippen molar-refractivity contribution in [1.82, 2.24) is 0 Å². The molecule has 1 aliphatic heterocycles. The van der Waals surface area contributed by atoms with Crippen molar-refractivity contribution in [3.05, 3.63) is 60.2 Å². The van der Waals surface area contributed by atoms with Crippen LogP contribution in [0.1, 0.15) is 17.3 Å². The summed E-state index contributed by atoms with van der Waals surface area (Å²) < 4.78 is 5.18. The van der Waals surface area contributed by atoms with Crippen LogP contribution in [0.15, 0.2) is 54.6 Å². The lowest BCUT2D eigenvalue weighted by Gasteiger charge is -2.12. The highest BCUT2D eigenvalue weighted by molar-refractivity contribution is 6.13. The third kappa shape index (κ3) is 3.58. The summed E-state index contributed by atoms with van der Waals surface area (Å²) in [6.45, 7) is 1.43. The summed E-state index contributed by atoms with van der Waals surface area (Å²) >= 11 is 0. The van der Waals surface area contributed by atoms with Crippen LogP contribution in [0.2, 0.25) is 0 Å². The van der Waals surface area contributed by atoms with E-state index in [0.717, 1.165) is 11.1 Å². The van der Waals surface area contributed by atoms with Gasteiger partial charge in [-0.1, -0.05) is 12.1 Å². The molecule has 0 unspecified atom stereocenters. The molecule has 0 spiro atoms. The van der Waals surface area contributed by atoms with Gasteiger partial charge in [0.15, 0.2) is 11.5 Å². The van der Waals surface area contributed by atoms with E-state index < -0.39 is 0 Å². The quantitative estimate of drug-likeness (QED) is 0.534. The Kier molecular flexibility index (Phi) is 4.56. The van der Waals surface area contributed by atoms with E-state index in [9.17, 15) is 14.7 Å². The molecular weight excluding hydrogens is 370 g/mol. The Labute approximate surface area is 167 Å². The van der Waals surface area contributed by atoms with Crippen LogP contribution in [0.3, 0.4) is 0 Å². The van der Waals surface area contributed by atoms with E-state index in [1.165, 1.54) is 14.0 Å². The molecule has 1 heterocycles. The van der Waals surface area contributed by atoms with Gasteiger partial charge in [-0.15, -0.1) is 0 Å². The van der Waals surface area contributed by atoms with Crippen LogP contribution in [-0.4, -0.2) is 24.0 Å². The van der Waals surface area contributed by atoms with Crippen molar-refractivity contribution in [2.24, 2.45) is 0 Å². The van der Waals surface area contributed by atoms with E-state index in [4.69, 9.17) is 4.74 Å². The van der Waals surface area contributed by atoms with Crippen molar-refractivity contribution in [3.63, 3.8) is 0 Å². The molecule has 3 aromatic carbocycles. The van der Waals surface area contributed by atoms with Gasteiger partial charge in [-0.25, -0.2) is 0 Å². The zero-order valence-electron chi connectivity index (χ0n) is 15.9. The first-order valence-corrected chi connectivity index (χ1v) is 8.96. The maximum absolute atomic E-state index is 12.7. The van der Waals surface area contributed by atoms with Crippen LogP contribution in [0.4, 0.5) is 22.7 Å². The van der Waals surface area contributed by atoms with Crippen molar-refractivity contribution in [2.75, 3.05) is 23.1 Å². The number of phenolic OH excluding ortho intramolecular Hbond substituents is 1. The largest absolute Gasteiger partial charge is 0.504 e. The number of aromatic hydroxyl groups is 1. The van der Waals surface area contributed by atoms with Gasteiger partial charge in [0.1, 0.15) is 0 Å². The van der Waals surface area contributed by atoms with Crippen molar-refractivity contribution in [3.8, 4) is 22.6 Å². The molecule has 3 aromatic rings. The number of phenols is 1. The zero-order valence-corrected chi connectivity index (χ0v) is 15.9. The SMILES string of the molecule is COc1cc(-c2ccc3c(c2)Nc2ccc(NC(C)=O)cc2NC3=O)ccc1O. The molecule has 0 bridgehead atoms. The predicted molar refractivity (Wildman–Crippen MR) is 112 cm³/mol. The van der Waals surface area contributed by atoms with Gasteiger partial charge in [0, 0.05) is 12.6 Å². The Morgan fingerprint density at radius 3 is 2.45 bits per heavy atom. The van der Waals surface area contributed by atoms with Crippen molar-refractivity contribution >= 4 is 34.6 Å². The maximum atomic E-state index is 12.7. The monoisotopic (exact) mass is 389 g/mol. The minimum absolute atomic E-state index is 0.0624. The molecule has 0 fully saturated rings. The summed E-state index contributed by atoms with van der Waals surface area (Å²) in [7, 11) is 1.49. The molecule has 0 radical (unpaired) electrons. The van der Waals surface area contributed by atoms with Crippen LogP contribution < -0.4 is 20.7 Å². The maximum Gasteiger partial charge on any atom is 0.257 e. The van der Waals surface area contributed by atoms with Crippen molar-refractivity contribution in [1.29, 1.82) is 0 Å². The molecule has 2 amide bonds. The standard InChI is InChI=1S/C22H19N3O4/c1-12(26)23-15-5-7-17-19(11-15)25-22(28)16-6-3-13(9-18(16)24-17)14-4-8-20(27)21(10-14)29-2/h3-11,24,27H,1-2H3,(H,23,26)(H,25,28). The first-order chi connectivity index (χ1) is 13.9. The number of rotatable bonds is 3. The number of fused-ring (bicyclic) bond motifs is 2. The van der Waals surface area contributed by atoms with Gasteiger partial charge in [-0.3, -0.25) is 9.59 Å². The second kappa shape index (κ2) is 7.20. The Morgan fingerprint density at radius 1 is 0.931 bits per heavy atom. The van der Waals surface area contributed by atoms with Gasteiger partial charge in [0.25, 0.3) is 5.91 Å². The highest BCUT2D eigenvalue weighted by Crippen LogP contribution is 2.37. The molecule has 0 atom stereocenters. The van der Waals surface area contributed by atoms with Crippen LogP contribution in [0.5, 0.6) is 11.5 Å². The third-order valence-corrected chi connectivity index (χ3v) is 4.63. The Bertz CT molecular complexity index is 1140. The van der Waals surface area contributed by atoms with E-state index >= 15 is 0 Å². The first kappa shape index (κ1) is 18.4. The van der Waals surface area contributed by atoms with E-state index in [1.807, 2.05) is 12.1 Å². The summed E-state index contributed by atoms with van der Waals surface area (Å²) in [6.07, 6.45) is 0.